The number of fused-ring (bicyclic) bond motifs is 5. The number of benzene rings is 3. The molecule has 1 aliphatic heterocycles. The molecular formula is C29H19N3S. The standard InChI is InChI=1S/C29H19N3S/c1-29(2)22-13-8-12-21-20-11-6-7-14-23(20)32(27(21)22)28-26(29)25(19-9-4-3-5-10-19)24(33-28)15-18(16-30)17-31/h3-15H,1-2H3. The number of hydrogen-bond donors (Lipinski definition) is 0. The van der Waals surface area contributed by atoms with Crippen LogP contribution in [0.5, 0.6) is 0 Å². The third-order valence-electron chi connectivity index (χ3n) is 6.69. The molecule has 3 aromatic carbocycles. The van der Waals surface area contributed by atoms with Crippen LogP contribution in [0.1, 0.15) is 29.9 Å². The first-order valence-corrected chi connectivity index (χ1v) is 11.7. The second-order valence-corrected chi connectivity index (χ2v) is 9.88. The summed E-state index contributed by atoms with van der Waals surface area (Å²) in [5.74, 6) is 0. The smallest absolute Gasteiger partial charge is 0.131 e. The van der Waals surface area contributed by atoms with Crippen LogP contribution in [-0.2, 0) is 5.41 Å². The van der Waals surface area contributed by atoms with E-state index in [0.29, 0.717) is 0 Å². The molecule has 3 nitrogen and oxygen atoms in total. The van der Waals surface area contributed by atoms with E-state index < -0.39 is 0 Å². The van der Waals surface area contributed by atoms with Crippen molar-refractivity contribution in [3.8, 4) is 28.3 Å². The molecule has 0 bridgehead atoms. The van der Waals surface area contributed by atoms with Gasteiger partial charge in [-0.1, -0.05) is 80.6 Å². The minimum Gasteiger partial charge on any atom is -0.300 e. The zero-order chi connectivity index (χ0) is 22.7. The van der Waals surface area contributed by atoms with Gasteiger partial charge in [-0.05, 0) is 23.3 Å². The predicted molar refractivity (Wildman–Crippen MR) is 135 cm³/mol. The third-order valence-corrected chi connectivity index (χ3v) is 7.81. The van der Waals surface area contributed by atoms with Crippen LogP contribution in [0.3, 0.4) is 0 Å². The van der Waals surface area contributed by atoms with Crippen LogP contribution >= 0.6 is 11.3 Å². The fourth-order valence-corrected chi connectivity index (χ4v) is 6.70. The molecule has 6 rings (SSSR count). The zero-order valence-electron chi connectivity index (χ0n) is 18.3. The molecule has 4 heteroatoms. The lowest BCUT2D eigenvalue weighted by Crippen LogP contribution is -2.25. The highest BCUT2D eigenvalue weighted by Crippen LogP contribution is 2.54. The molecule has 0 spiro atoms. The number of hydrogen-bond acceptors (Lipinski definition) is 3. The highest BCUT2D eigenvalue weighted by Gasteiger charge is 2.39. The average Bonchev–Trinajstić information content (AvgIpc) is 3.39. The van der Waals surface area contributed by atoms with Crippen molar-refractivity contribution in [2.45, 2.75) is 19.3 Å². The monoisotopic (exact) mass is 441 g/mol. The summed E-state index contributed by atoms with van der Waals surface area (Å²) in [7, 11) is 0. The Hall–Kier alpha value is -4.12. The first-order chi connectivity index (χ1) is 16.1. The lowest BCUT2D eigenvalue weighted by molar-refractivity contribution is 0.636. The van der Waals surface area contributed by atoms with E-state index >= 15 is 0 Å². The van der Waals surface area contributed by atoms with Crippen LogP contribution in [0.4, 0.5) is 0 Å². The van der Waals surface area contributed by atoms with E-state index in [1.165, 1.54) is 32.9 Å². The van der Waals surface area contributed by atoms with Crippen molar-refractivity contribution >= 4 is 39.2 Å². The van der Waals surface area contributed by atoms with Crippen molar-refractivity contribution in [2.75, 3.05) is 0 Å². The summed E-state index contributed by atoms with van der Waals surface area (Å²) in [5, 5.41) is 22.6. The van der Waals surface area contributed by atoms with E-state index in [1.807, 2.05) is 30.3 Å². The molecule has 0 N–H and O–H groups in total. The van der Waals surface area contributed by atoms with Crippen molar-refractivity contribution in [1.29, 1.82) is 10.5 Å². The Morgan fingerprint density at radius 2 is 1.58 bits per heavy atom. The van der Waals surface area contributed by atoms with Gasteiger partial charge in [0, 0.05) is 32.2 Å². The Labute approximate surface area is 196 Å². The topological polar surface area (TPSA) is 52.5 Å². The molecule has 0 atom stereocenters. The first kappa shape index (κ1) is 19.6. The lowest BCUT2D eigenvalue weighted by Gasteiger charge is -2.33. The Morgan fingerprint density at radius 1 is 0.879 bits per heavy atom. The maximum atomic E-state index is 9.49. The molecule has 2 aromatic heterocycles. The fourth-order valence-electron chi connectivity index (χ4n) is 5.26. The lowest BCUT2D eigenvalue weighted by atomic mass is 9.73. The molecule has 156 valence electrons. The largest absolute Gasteiger partial charge is 0.300 e. The normalized spacial score (nSPS) is 13.3. The molecule has 1 aliphatic rings. The molecule has 3 heterocycles. The summed E-state index contributed by atoms with van der Waals surface area (Å²) in [6.07, 6.45) is 1.74. The summed E-state index contributed by atoms with van der Waals surface area (Å²) in [6, 6.07) is 29.5. The van der Waals surface area contributed by atoms with Crippen LogP contribution in [0.25, 0.3) is 44.0 Å². The Bertz CT molecular complexity index is 1680. The number of nitrogens with zero attached hydrogens (tertiary/aromatic N) is 3. The second-order valence-electron chi connectivity index (χ2n) is 8.85. The van der Waals surface area contributed by atoms with Gasteiger partial charge in [-0.3, -0.25) is 0 Å². The van der Waals surface area contributed by atoms with Gasteiger partial charge in [0.1, 0.15) is 22.7 Å². The van der Waals surface area contributed by atoms with E-state index in [2.05, 4.69) is 73.0 Å². The van der Waals surface area contributed by atoms with Gasteiger partial charge in [-0.2, -0.15) is 10.5 Å². The fraction of sp³-hybridized carbons (Fsp3) is 0.103. The third kappa shape index (κ3) is 2.59. The summed E-state index contributed by atoms with van der Waals surface area (Å²) < 4.78 is 2.38. The summed E-state index contributed by atoms with van der Waals surface area (Å²) >= 11 is 1.66. The van der Waals surface area contributed by atoms with Crippen molar-refractivity contribution in [2.24, 2.45) is 0 Å². The van der Waals surface area contributed by atoms with Crippen molar-refractivity contribution in [3.05, 3.63) is 94.4 Å². The maximum Gasteiger partial charge on any atom is 0.131 e. The van der Waals surface area contributed by atoms with Crippen molar-refractivity contribution in [1.82, 2.24) is 4.57 Å². The number of rotatable bonds is 2. The molecule has 0 saturated heterocycles. The molecular weight excluding hydrogens is 422 g/mol. The van der Waals surface area contributed by atoms with Crippen LogP contribution in [0.15, 0.2) is 78.4 Å². The van der Waals surface area contributed by atoms with Gasteiger partial charge in [0.2, 0.25) is 0 Å². The molecule has 0 unspecified atom stereocenters. The molecule has 0 amide bonds. The SMILES string of the molecule is CC1(C)c2c(sc(C=C(C#N)C#N)c2-c2ccccc2)-n2c3ccccc3c3cccc1c32. The predicted octanol–water partition coefficient (Wildman–Crippen LogP) is 7.58. The molecule has 0 radical (unpaired) electrons. The van der Waals surface area contributed by atoms with E-state index in [-0.39, 0.29) is 11.0 Å². The van der Waals surface area contributed by atoms with E-state index in [9.17, 15) is 10.5 Å². The van der Waals surface area contributed by atoms with Gasteiger partial charge in [0.05, 0.1) is 11.0 Å². The van der Waals surface area contributed by atoms with E-state index in [4.69, 9.17) is 0 Å². The van der Waals surface area contributed by atoms with Crippen molar-refractivity contribution in [3.63, 3.8) is 0 Å². The van der Waals surface area contributed by atoms with Crippen LogP contribution in [0, 0.1) is 22.7 Å². The Kier molecular flexibility index (Phi) is 4.11. The van der Waals surface area contributed by atoms with Crippen molar-refractivity contribution < 1.29 is 0 Å². The summed E-state index contributed by atoms with van der Waals surface area (Å²) in [4.78, 5) is 0.941. The highest BCUT2D eigenvalue weighted by molar-refractivity contribution is 7.16. The molecule has 33 heavy (non-hydrogen) atoms. The molecule has 0 fully saturated rings. The first-order valence-electron chi connectivity index (χ1n) is 10.8. The van der Waals surface area contributed by atoms with Gasteiger partial charge in [-0.15, -0.1) is 11.3 Å². The maximum absolute atomic E-state index is 9.49. The van der Waals surface area contributed by atoms with Crippen LogP contribution < -0.4 is 0 Å². The molecule has 5 aromatic rings. The quantitative estimate of drug-likeness (QED) is 0.265. The van der Waals surface area contributed by atoms with Gasteiger partial charge in [-0.25, -0.2) is 0 Å². The molecule has 0 saturated carbocycles. The number of aromatic nitrogens is 1. The zero-order valence-corrected chi connectivity index (χ0v) is 19.1. The number of para-hydroxylation sites is 2. The Balaban J connectivity index is 1.84. The van der Waals surface area contributed by atoms with Gasteiger partial charge in [0.15, 0.2) is 0 Å². The van der Waals surface area contributed by atoms with Gasteiger partial charge >= 0.3 is 0 Å². The number of nitriles is 2. The van der Waals surface area contributed by atoms with Gasteiger partial charge < -0.3 is 4.57 Å². The van der Waals surface area contributed by atoms with Crippen LogP contribution in [-0.4, -0.2) is 4.57 Å². The minimum atomic E-state index is -0.258. The summed E-state index contributed by atoms with van der Waals surface area (Å²) in [6.45, 7) is 4.56. The molecule has 0 aliphatic carbocycles. The average molecular weight is 442 g/mol. The number of allylic oxidation sites excluding steroid dienone is 1. The van der Waals surface area contributed by atoms with Gasteiger partial charge in [0.25, 0.3) is 0 Å². The van der Waals surface area contributed by atoms with E-state index in [1.54, 1.807) is 17.4 Å². The van der Waals surface area contributed by atoms with E-state index in [0.717, 1.165) is 21.0 Å². The second kappa shape index (κ2) is 6.94. The minimum absolute atomic E-state index is 0.114. The number of thiophene rings is 1. The highest BCUT2D eigenvalue weighted by atomic mass is 32.1. The Morgan fingerprint density at radius 3 is 2.33 bits per heavy atom. The summed E-state index contributed by atoms with van der Waals surface area (Å²) in [5.41, 5.74) is 7.00. The van der Waals surface area contributed by atoms with Crippen LogP contribution in [0.2, 0.25) is 0 Å².